The Morgan fingerprint density at radius 2 is 1.14 bits per heavy atom. The minimum Gasteiger partial charge on any atom is -0.0654 e. The van der Waals surface area contributed by atoms with Crippen molar-refractivity contribution in [3.8, 4) is 0 Å². The summed E-state index contributed by atoms with van der Waals surface area (Å²) in [5.41, 5.74) is 0. The fourth-order valence-corrected chi connectivity index (χ4v) is 1.86. The number of hydrogen-bond donors (Lipinski definition) is 0. The molecule has 0 atom stereocenters. The van der Waals surface area contributed by atoms with E-state index >= 15 is 0 Å². The third-order valence-corrected chi connectivity index (χ3v) is 2.93. The molecule has 0 aliphatic rings. The van der Waals surface area contributed by atoms with Gasteiger partial charge in [0, 0.05) is 0 Å². The number of rotatable bonds is 10. The third kappa shape index (κ3) is 10.1. The van der Waals surface area contributed by atoms with Gasteiger partial charge in [-0.2, -0.15) is 0 Å². The lowest BCUT2D eigenvalue weighted by atomic mass is 9.96. The van der Waals surface area contributed by atoms with Crippen LogP contribution in [0.3, 0.4) is 0 Å². The van der Waals surface area contributed by atoms with E-state index in [1.165, 1.54) is 64.2 Å². The van der Waals surface area contributed by atoms with Gasteiger partial charge in [-0.05, 0) is 5.92 Å². The van der Waals surface area contributed by atoms with E-state index in [0.29, 0.717) is 0 Å². The molecule has 0 saturated heterocycles. The maximum Gasteiger partial charge on any atom is -0.0414 e. The van der Waals surface area contributed by atoms with Crippen molar-refractivity contribution in [2.75, 3.05) is 0 Å². The van der Waals surface area contributed by atoms with Crippen molar-refractivity contribution in [2.24, 2.45) is 5.92 Å². The molecule has 0 aliphatic carbocycles. The zero-order valence-corrected chi connectivity index (χ0v) is 10.4. The van der Waals surface area contributed by atoms with E-state index < -0.39 is 0 Å². The van der Waals surface area contributed by atoms with Crippen molar-refractivity contribution < 1.29 is 0 Å². The lowest BCUT2D eigenvalue weighted by Crippen LogP contribution is -1.95. The molecule has 0 amide bonds. The Labute approximate surface area is 91.5 Å². The summed E-state index contributed by atoms with van der Waals surface area (Å²) in [6.07, 6.45) is 13.8. The SMILES string of the molecule is [CH2]C(CCCCCC)CCCCCC. The first kappa shape index (κ1) is 14.0. The molecule has 0 heterocycles. The summed E-state index contributed by atoms with van der Waals surface area (Å²) in [5.74, 6) is 0.726. The Morgan fingerprint density at radius 1 is 0.714 bits per heavy atom. The maximum absolute atomic E-state index is 4.23. The standard InChI is InChI=1S/C14H29/c1-4-6-8-10-12-14(3)13-11-9-7-5-2/h14H,3-13H2,1-2H3. The van der Waals surface area contributed by atoms with Crippen LogP contribution in [0.1, 0.15) is 78.1 Å². The largest absolute Gasteiger partial charge is 0.0654 e. The van der Waals surface area contributed by atoms with Crippen LogP contribution in [0.5, 0.6) is 0 Å². The molecule has 0 bridgehead atoms. The van der Waals surface area contributed by atoms with Crippen LogP contribution in [0.2, 0.25) is 0 Å². The van der Waals surface area contributed by atoms with Crippen LogP contribution in [0.15, 0.2) is 0 Å². The van der Waals surface area contributed by atoms with Crippen molar-refractivity contribution in [2.45, 2.75) is 78.1 Å². The van der Waals surface area contributed by atoms with E-state index in [1.807, 2.05) is 0 Å². The van der Waals surface area contributed by atoms with Crippen LogP contribution in [-0.2, 0) is 0 Å². The van der Waals surface area contributed by atoms with E-state index in [1.54, 1.807) is 0 Å². The Bertz CT molecular complexity index is 84.2. The second kappa shape index (κ2) is 11.1. The Hall–Kier alpha value is 0. The molecule has 0 fully saturated rings. The zero-order valence-electron chi connectivity index (χ0n) is 10.4. The third-order valence-electron chi connectivity index (χ3n) is 2.93. The summed E-state index contributed by atoms with van der Waals surface area (Å²) in [6.45, 7) is 8.77. The first-order chi connectivity index (χ1) is 6.81. The molecule has 0 aromatic carbocycles. The first-order valence-electron chi connectivity index (χ1n) is 6.64. The average Bonchev–Trinajstić information content (AvgIpc) is 2.19. The topological polar surface area (TPSA) is 0 Å². The van der Waals surface area contributed by atoms with Gasteiger partial charge >= 0.3 is 0 Å². The van der Waals surface area contributed by atoms with E-state index in [4.69, 9.17) is 0 Å². The van der Waals surface area contributed by atoms with Crippen molar-refractivity contribution >= 4 is 0 Å². The highest BCUT2D eigenvalue weighted by atomic mass is 14.1. The van der Waals surface area contributed by atoms with Gasteiger partial charge in [-0.3, -0.25) is 0 Å². The van der Waals surface area contributed by atoms with Gasteiger partial charge in [-0.15, -0.1) is 0 Å². The smallest absolute Gasteiger partial charge is 0.0414 e. The van der Waals surface area contributed by atoms with Crippen molar-refractivity contribution in [1.82, 2.24) is 0 Å². The number of hydrogen-bond acceptors (Lipinski definition) is 0. The predicted octanol–water partition coefficient (Wildman–Crippen LogP) is 5.38. The van der Waals surface area contributed by atoms with Crippen molar-refractivity contribution in [3.63, 3.8) is 0 Å². The molecular formula is C14H29. The maximum atomic E-state index is 4.23. The highest BCUT2D eigenvalue weighted by molar-refractivity contribution is 4.61. The second-order valence-corrected chi connectivity index (χ2v) is 4.56. The minimum absolute atomic E-state index is 0.726. The summed E-state index contributed by atoms with van der Waals surface area (Å²) in [7, 11) is 0. The van der Waals surface area contributed by atoms with Crippen LogP contribution in [0.25, 0.3) is 0 Å². The van der Waals surface area contributed by atoms with E-state index in [-0.39, 0.29) is 0 Å². The molecule has 0 heteroatoms. The van der Waals surface area contributed by atoms with Gasteiger partial charge in [0.05, 0.1) is 0 Å². The quantitative estimate of drug-likeness (QED) is 0.413. The summed E-state index contributed by atoms with van der Waals surface area (Å²) in [6, 6.07) is 0. The van der Waals surface area contributed by atoms with E-state index in [9.17, 15) is 0 Å². The van der Waals surface area contributed by atoms with Gasteiger partial charge in [0.1, 0.15) is 0 Å². The Balaban J connectivity index is 3.07. The molecular weight excluding hydrogens is 168 g/mol. The molecule has 85 valence electrons. The Morgan fingerprint density at radius 3 is 1.50 bits per heavy atom. The van der Waals surface area contributed by atoms with E-state index in [2.05, 4.69) is 20.8 Å². The normalized spacial score (nSPS) is 11.1. The summed E-state index contributed by atoms with van der Waals surface area (Å²) in [4.78, 5) is 0. The van der Waals surface area contributed by atoms with Crippen LogP contribution >= 0.6 is 0 Å². The zero-order chi connectivity index (χ0) is 10.6. The van der Waals surface area contributed by atoms with Gasteiger partial charge in [-0.1, -0.05) is 85.0 Å². The molecule has 0 spiro atoms. The highest BCUT2D eigenvalue weighted by Crippen LogP contribution is 2.16. The van der Waals surface area contributed by atoms with Crippen LogP contribution < -0.4 is 0 Å². The highest BCUT2D eigenvalue weighted by Gasteiger charge is 2.01. The van der Waals surface area contributed by atoms with E-state index in [0.717, 1.165) is 5.92 Å². The molecule has 14 heavy (non-hydrogen) atoms. The Kier molecular flexibility index (Phi) is 11.1. The van der Waals surface area contributed by atoms with Crippen LogP contribution in [-0.4, -0.2) is 0 Å². The fraction of sp³-hybridized carbons (Fsp3) is 0.929. The molecule has 1 radical (unpaired) electrons. The second-order valence-electron chi connectivity index (χ2n) is 4.56. The average molecular weight is 197 g/mol. The summed E-state index contributed by atoms with van der Waals surface area (Å²) in [5, 5.41) is 0. The van der Waals surface area contributed by atoms with Gasteiger partial charge in [0.25, 0.3) is 0 Å². The van der Waals surface area contributed by atoms with Gasteiger partial charge in [-0.25, -0.2) is 0 Å². The van der Waals surface area contributed by atoms with Gasteiger partial charge in [0.2, 0.25) is 0 Å². The van der Waals surface area contributed by atoms with Crippen LogP contribution in [0, 0.1) is 12.8 Å². The summed E-state index contributed by atoms with van der Waals surface area (Å²) >= 11 is 0. The lowest BCUT2D eigenvalue weighted by Gasteiger charge is -2.10. The van der Waals surface area contributed by atoms with Gasteiger partial charge < -0.3 is 0 Å². The molecule has 0 unspecified atom stereocenters. The van der Waals surface area contributed by atoms with Crippen LogP contribution in [0.4, 0.5) is 0 Å². The first-order valence-corrected chi connectivity index (χ1v) is 6.64. The summed E-state index contributed by atoms with van der Waals surface area (Å²) < 4.78 is 0. The molecule has 0 aliphatic heterocycles. The molecule has 0 aromatic heterocycles. The van der Waals surface area contributed by atoms with Gasteiger partial charge in [0.15, 0.2) is 0 Å². The van der Waals surface area contributed by atoms with Crippen molar-refractivity contribution in [3.05, 3.63) is 6.92 Å². The number of unbranched alkanes of at least 4 members (excludes halogenated alkanes) is 6. The molecule has 0 nitrogen and oxygen atoms in total. The fourth-order valence-electron chi connectivity index (χ4n) is 1.86. The predicted molar refractivity (Wildman–Crippen MR) is 66.4 cm³/mol. The molecule has 0 saturated carbocycles. The lowest BCUT2D eigenvalue weighted by molar-refractivity contribution is 0.470. The molecule has 0 N–H and O–H groups in total. The molecule has 0 aromatic rings. The molecule has 0 rings (SSSR count). The monoisotopic (exact) mass is 197 g/mol. The van der Waals surface area contributed by atoms with Crippen molar-refractivity contribution in [1.29, 1.82) is 0 Å². The minimum atomic E-state index is 0.726.